The van der Waals surface area contributed by atoms with Crippen molar-refractivity contribution in [3.05, 3.63) is 65.0 Å². The molecule has 0 saturated carbocycles. The molecular weight excluding hydrogens is 480 g/mol. The highest BCUT2D eigenvalue weighted by Gasteiger charge is 2.41. The van der Waals surface area contributed by atoms with Gasteiger partial charge in [-0.1, -0.05) is 45.0 Å². The van der Waals surface area contributed by atoms with Gasteiger partial charge >= 0.3 is 19.5 Å². The summed E-state index contributed by atoms with van der Waals surface area (Å²) < 4.78 is 41.2. The summed E-state index contributed by atoms with van der Waals surface area (Å²) in [6.45, 7) is 7.27. The Kier molecular flexibility index (Phi) is 7.81. The second kappa shape index (κ2) is 10.3. The Labute approximate surface area is 201 Å². The molecule has 0 aliphatic carbocycles. The van der Waals surface area contributed by atoms with Gasteiger partial charge in [0.15, 0.2) is 0 Å². The lowest BCUT2D eigenvalue weighted by atomic mass is 9.99. The minimum atomic E-state index is -4.35. The Bertz CT molecular complexity index is 1220. The number of aromatic carboxylic acids is 1. The summed E-state index contributed by atoms with van der Waals surface area (Å²) >= 11 is 1.06. The van der Waals surface area contributed by atoms with Crippen molar-refractivity contribution in [3.63, 3.8) is 0 Å². The van der Waals surface area contributed by atoms with Crippen LogP contribution < -0.4 is 9.61 Å². The zero-order valence-corrected chi connectivity index (χ0v) is 21.0. The van der Waals surface area contributed by atoms with Gasteiger partial charge < -0.3 is 14.4 Å². The third-order valence-electron chi connectivity index (χ3n) is 4.68. The topological polar surface area (TPSA) is 102 Å². The third kappa shape index (κ3) is 6.44. The first-order valence-corrected chi connectivity index (χ1v) is 13.1. The van der Waals surface area contributed by atoms with Crippen LogP contribution in [-0.4, -0.2) is 29.7 Å². The minimum absolute atomic E-state index is 0.0317. The number of carboxylic acid groups (broad SMARTS) is 1. The van der Waals surface area contributed by atoms with Crippen LogP contribution in [0, 0.1) is 5.41 Å². The number of alkyl halides is 1. The second-order valence-electron chi connectivity index (χ2n) is 9.07. The molecule has 1 heterocycles. The molecule has 0 aliphatic heterocycles. The van der Waals surface area contributed by atoms with Crippen molar-refractivity contribution in [2.45, 2.75) is 39.6 Å². The molecule has 1 unspecified atom stereocenters. The fraction of sp³-hybridized carbons (Fsp3) is 0.333. The van der Waals surface area contributed by atoms with Crippen LogP contribution in [0.25, 0.3) is 10.1 Å². The van der Waals surface area contributed by atoms with E-state index in [1.54, 1.807) is 24.3 Å². The zero-order valence-electron chi connectivity index (χ0n) is 19.3. The van der Waals surface area contributed by atoms with E-state index in [-0.39, 0.29) is 28.2 Å². The molecule has 0 radical (unpaired) electrons. The molecule has 10 heteroatoms. The molecule has 0 aliphatic rings. The van der Waals surface area contributed by atoms with E-state index in [2.05, 4.69) is 5.09 Å². The van der Waals surface area contributed by atoms with Crippen LogP contribution in [0.3, 0.4) is 0 Å². The largest absolute Gasteiger partial charge is 0.477 e. The first kappa shape index (κ1) is 25.9. The molecule has 1 aromatic heterocycles. The summed E-state index contributed by atoms with van der Waals surface area (Å²) in [5, 5.41) is 12.3. The van der Waals surface area contributed by atoms with Gasteiger partial charge in [0.05, 0.1) is 6.61 Å². The fourth-order valence-electron chi connectivity index (χ4n) is 3.02. The van der Waals surface area contributed by atoms with Gasteiger partial charge in [0, 0.05) is 4.70 Å². The van der Waals surface area contributed by atoms with Crippen LogP contribution >= 0.6 is 18.9 Å². The van der Waals surface area contributed by atoms with E-state index >= 15 is 4.39 Å². The van der Waals surface area contributed by atoms with Crippen molar-refractivity contribution in [3.8, 4) is 5.75 Å². The molecule has 3 atom stereocenters. The average molecular weight is 508 g/mol. The van der Waals surface area contributed by atoms with Gasteiger partial charge in [-0.3, -0.25) is 9.36 Å². The Morgan fingerprint density at radius 1 is 1.15 bits per heavy atom. The average Bonchev–Trinajstić information content (AvgIpc) is 3.20. The van der Waals surface area contributed by atoms with Crippen LogP contribution in [0.15, 0.2) is 54.6 Å². The van der Waals surface area contributed by atoms with Crippen molar-refractivity contribution in [1.82, 2.24) is 5.09 Å². The summed E-state index contributed by atoms with van der Waals surface area (Å²) in [6.07, 6.45) is 0. The Morgan fingerprint density at radius 3 is 2.44 bits per heavy atom. The van der Waals surface area contributed by atoms with Gasteiger partial charge in [0.25, 0.3) is 0 Å². The highest BCUT2D eigenvalue weighted by atomic mass is 32.1. The molecule has 0 bridgehead atoms. The molecule has 2 aromatic carbocycles. The van der Waals surface area contributed by atoms with Gasteiger partial charge in [0.2, 0.25) is 5.91 Å². The number of hydrogen-bond acceptors (Lipinski definition) is 6. The van der Waals surface area contributed by atoms with Crippen molar-refractivity contribution in [2.24, 2.45) is 5.41 Å². The number of ether oxygens (including phenoxy) is 1. The van der Waals surface area contributed by atoms with E-state index in [9.17, 15) is 19.3 Å². The predicted octanol–water partition coefficient (Wildman–Crippen LogP) is 6.41. The maximum absolute atomic E-state index is 15.8. The number of nitrogens with one attached hydrogen (secondary N) is 1. The highest BCUT2D eigenvalue weighted by molar-refractivity contribution is 7.57. The number of esters is 1. The molecule has 2 N–H and O–H groups in total. The molecule has 3 rings (SSSR count). The second-order valence-corrected chi connectivity index (χ2v) is 12.2. The van der Waals surface area contributed by atoms with Crippen LogP contribution in [0.1, 0.15) is 48.8 Å². The van der Waals surface area contributed by atoms with E-state index in [1.165, 1.54) is 37.3 Å². The molecule has 182 valence electrons. The highest BCUT2D eigenvalue weighted by Crippen LogP contribution is 2.58. The Balaban J connectivity index is 1.91. The normalized spacial score (nSPS) is 15.3. The van der Waals surface area contributed by atoms with E-state index in [1.807, 2.05) is 20.8 Å². The van der Waals surface area contributed by atoms with Gasteiger partial charge in [0.1, 0.15) is 16.7 Å². The number of benzene rings is 2. The minimum Gasteiger partial charge on any atom is -0.477 e. The number of rotatable bonds is 9. The molecule has 0 spiro atoms. The summed E-state index contributed by atoms with van der Waals surface area (Å²) in [5.41, 5.74) is -0.239. The SMILES string of the molecule is C[C@H](NP(=O)(Oc1ccccc1)[C@H](F)c1ccc2sc(C(=O)O)cc2c1)C(=O)OCC(C)(C)C. The van der Waals surface area contributed by atoms with E-state index in [0.717, 1.165) is 11.3 Å². The predicted molar refractivity (Wildman–Crippen MR) is 130 cm³/mol. The molecule has 0 saturated heterocycles. The summed E-state index contributed by atoms with van der Waals surface area (Å²) in [6, 6.07) is 12.9. The maximum Gasteiger partial charge on any atom is 0.355 e. The maximum atomic E-state index is 15.8. The number of carbonyl (C=O) groups is 2. The van der Waals surface area contributed by atoms with Crippen molar-refractivity contribution >= 4 is 40.9 Å². The first-order chi connectivity index (χ1) is 15.9. The summed E-state index contributed by atoms with van der Waals surface area (Å²) in [4.78, 5) is 23.9. The van der Waals surface area contributed by atoms with E-state index in [4.69, 9.17) is 9.26 Å². The summed E-state index contributed by atoms with van der Waals surface area (Å²) in [7, 11) is -4.35. The van der Waals surface area contributed by atoms with Gasteiger partial charge in [-0.05, 0) is 53.6 Å². The van der Waals surface area contributed by atoms with Crippen LogP contribution in [0.2, 0.25) is 0 Å². The van der Waals surface area contributed by atoms with E-state index < -0.39 is 31.4 Å². The number of para-hydroxylation sites is 1. The van der Waals surface area contributed by atoms with Gasteiger partial charge in [-0.25, -0.2) is 14.3 Å². The van der Waals surface area contributed by atoms with Crippen LogP contribution in [-0.2, 0) is 14.1 Å². The van der Waals surface area contributed by atoms with Gasteiger partial charge in [-0.15, -0.1) is 11.3 Å². The van der Waals surface area contributed by atoms with Crippen molar-refractivity contribution < 1.29 is 32.9 Å². The third-order valence-corrected chi connectivity index (χ3v) is 7.91. The molecule has 3 aromatic rings. The molecule has 7 nitrogen and oxygen atoms in total. The fourth-order valence-corrected chi connectivity index (χ4v) is 5.81. The lowest BCUT2D eigenvalue weighted by Gasteiger charge is -2.27. The molecule has 0 fully saturated rings. The number of fused-ring (bicyclic) bond motifs is 1. The number of halogens is 1. The lowest BCUT2D eigenvalue weighted by molar-refractivity contribution is -0.148. The molecule has 0 amide bonds. The summed E-state index contributed by atoms with van der Waals surface area (Å²) in [5.74, 6) is -3.73. The lowest BCUT2D eigenvalue weighted by Crippen LogP contribution is -2.36. The quantitative estimate of drug-likeness (QED) is 0.255. The smallest absolute Gasteiger partial charge is 0.355 e. The van der Waals surface area contributed by atoms with E-state index in [0.29, 0.717) is 10.1 Å². The number of hydrogen-bond donors (Lipinski definition) is 2. The molecule has 34 heavy (non-hydrogen) atoms. The monoisotopic (exact) mass is 507 g/mol. The van der Waals surface area contributed by atoms with Crippen LogP contribution in [0.4, 0.5) is 4.39 Å². The Hall–Kier alpha value is -2.74. The van der Waals surface area contributed by atoms with Gasteiger partial charge in [-0.2, -0.15) is 0 Å². The van der Waals surface area contributed by atoms with Crippen molar-refractivity contribution in [2.75, 3.05) is 6.61 Å². The first-order valence-electron chi connectivity index (χ1n) is 10.6. The van der Waals surface area contributed by atoms with Crippen LogP contribution in [0.5, 0.6) is 5.75 Å². The Morgan fingerprint density at radius 2 is 1.82 bits per heavy atom. The molecular formula is C24H27FNO6PS. The number of thiophene rings is 1. The zero-order chi connectivity index (χ0) is 25.1. The number of carbonyl (C=O) groups excluding carboxylic acids is 1. The standard InChI is InChI=1S/C24H27FNO6PS/c1-15(23(29)31-14-24(2,3)4)26-33(30,32-18-8-6-5-7-9-18)21(25)16-10-11-19-17(12-16)13-20(34-19)22(27)28/h5-13,15,21H,14H2,1-4H3,(H,26,30)(H,27,28)/t15-,21-,33?/m0/s1. The van der Waals surface area contributed by atoms with Crippen molar-refractivity contribution in [1.29, 1.82) is 0 Å². The number of carboxylic acids is 1.